The Bertz CT molecular complexity index is 804. The molecule has 7 heteroatoms. The Hall–Kier alpha value is -2.96. The number of benzene rings is 2. The van der Waals surface area contributed by atoms with Crippen molar-refractivity contribution in [2.45, 2.75) is 25.8 Å². The Labute approximate surface area is 144 Å². The van der Waals surface area contributed by atoms with Gasteiger partial charge in [-0.15, -0.1) is 0 Å². The zero-order valence-electron chi connectivity index (χ0n) is 13.7. The van der Waals surface area contributed by atoms with Crippen LogP contribution in [0.25, 0.3) is 0 Å². The van der Waals surface area contributed by atoms with Crippen LogP contribution in [0.5, 0.6) is 0 Å². The molecule has 0 spiro atoms. The molecule has 0 aliphatic heterocycles. The van der Waals surface area contributed by atoms with Gasteiger partial charge in [0.2, 0.25) is 0 Å². The lowest BCUT2D eigenvalue weighted by Crippen LogP contribution is -2.30. The van der Waals surface area contributed by atoms with Gasteiger partial charge < -0.3 is 10.2 Å². The van der Waals surface area contributed by atoms with Crippen LogP contribution in [-0.2, 0) is 0 Å². The van der Waals surface area contributed by atoms with E-state index in [4.69, 9.17) is 0 Å². The van der Waals surface area contributed by atoms with Crippen molar-refractivity contribution in [2.24, 2.45) is 0 Å². The number of nitrogens with one attached hydrogen (secondary N) is 1. The lowest BCUT2D eigenvalue weighted by atomic mass is 10.1. The van der Waals surface area contributed by atoms with Gasteiger partial charge in [-0.25, -0.2) is 4.39 Å². The van der Waals surface area contributed by atoms with Crippen LogP contribution in [0.1, 0.15) is 30.1 Å². The van der Waals surface area contributed by atoms with E-state index in [-0.39, 0.29) is 23.2 Å². The van der Waals surface area contributed by atoms with Crippen LogP contribution < -0.4 is 10.2 Å². The minimum Gasteiger partial charge on any atom is -0.377 e. The highest BCUT2D eigenvalue weighted by atomic mass is 19.1. The monoisotopic (exact) mass is 343 g/mol. The molecule has 2 aromatic carbocycles. The van der Waals surface area contributed by atoms with Crippen LogP contribution >= 0.6 is 0 Å². The number of anilines is 2. The standard InChI is InChI=1S/C18H18FN3O3/c1-2-21(15-8-4-13(19)5-9-15)18(23)12-3-10-16(20-14-6-7-14)17(11-12)22(24)25/h3-5,8-11,14,20H,2,6-7H2,1H3. The van der Waals surface area contributed by atoms with Crippen LogP contribution in [0, 0.1) is 15.9 Å². The number of amides is 1. The molecule has 0 unspecified atom stereocenters. The second-order valence-corrected chi connectivity index (χ2v) is 5.93. The van der Waals surface area contributed by atoms with Crippen molar-refractivity contribution < 1.29 is 14.1 Å². The maximum Gasteiger partial charge on any atom is 0.293 e. The molecule has 0 radical (unpaired) electrons. The van der Waals surface area contributed by atoms with Gasteiger partial charge in [0, 0.05) is 29.9 Å². The number of hydrogen-bond donors (Lipinski definition) is 1. The molecule has 1 N–H and O–H groups in total. The summed E-state index contributed by atoms with van der Waals surface area (Å²) in [5.74, 6) is -0.756. The number of rotatable bonds is 6. The van der Waals surface area contributed by atoms with Crippen molar-refractivity contribution in [3.8, 4) is 0 Å². The Morgan fingerprint density at radius 3 is 2.52 bits per heavy atom. The van der Waals surface area contributed by atoms with Gasteiger partial charge in [-0.2, -0.15) is 0 Å². The highest BCUT2D eigenvalue weighted by Gasteiger charge is 2.26. The molecule has 6 nitrogen and oxygen atoms in total. The van der Waals surface area contributed by atoms with Crippen molar-refractivity contribution in [3.63, 3.8) is 0 Å². The first-order valence-corrected chi connectivity index (χ1v) is 8.12. The van der Waals surface area contributed by atoms with Crippen molar-refractivity contribution >= 4 is 23.0 Å². The van der Waals surface area contributed by atoms with E-state index in [2.05, 4.69) is 5.32 Å². The Balaban J connectivity index is 1.90. The summed E-state index contributed by atoms with van der Waals surface area (Å²) in [6.07, 6.45) is 1.98. The molecule has 130 valence electrons. The van der Waals surface area contributed by atoms with Gasteiger partial charge in [0.25, 0.3) is 11.6 Å². The molecule has 0 bridgehead atoms. The zero-order valence-corrected chi connectivity index (χ0v) is 13.7. The number of carbonyl (C=O) groups excluding carboxylic acids is 1. The van der Waals surface area contributed by atoms with Crippen molar-refractivity contribution in [3.05, 3.63) is 64.0 Å². The number of nitro benzene ring substituents is 1. The fourth-order valence-electron chi connectivity index (χ4n) is 2.61. The number of carbonyl (C=O) groups is 1. The molecule has 0 aromatic heterocycles. The summed E-state index contributed by atoms with van der Waals surface area (Å²) in [5.41, 5.74) is 1.07. The molecular formula is C18H18FN3O3. The molecular weight excluding hydrogens is 325 g/mol. The summed E-state index contributed by atoms with van der Waals surface area (Å²) in [7, 11) is 0. The molecule has 1 aliphatic rings. The Kier molecular flexibility index (Phi) is 4.65. The van der Waals surface area contributed by atoms with Gasteiger partial charge in [-0.05, 0) is 56.2 Å². The molecule has 2 aromatic rings. The summed E-state index contributed by atoms with van der Waals surface area (Å²) in [4.78, 5) is 25.1. The van der Waals surface area contributed by atoms with Crippen LogP contribution in [0.15, 0.2) is 42.5 Å². The van der Waals surface area contributed by atoms with E-state index >= 15 is 0 Å². The van der Waals surface area contributed by atoms with E-state index in [0.717, 1.165) is 12.8 Å². The van der Waals surface area contributed by atoms with Crippen molar-refractivity contribution in [1.82, 2.24) is 0 Å². The van der Waals surface area contributed by atoms with Gasteiger partial charge in [-0.1, -0.05) is 0 Å². The van der Waals surface area contributed by atoms with E-state index in [9.17, 15) is 19.3 Å². The third-order valence-corrected chi connectivity index (χ3v) is 4.08. The first-order valence-electron chi connectivity index (χ1n) is 8.12. The van der Waals surface area contributed by atoms with Crippen LogP contribution in [-0.4, -0.2) is 23.4 Å². The fourth-order valence-corrected chi connectivity index (χ4v) is 2.61. The van der Waals surface area contributed by atoms with Crippen LogP contribution in [0.3, 0.4) is 0 Å². The normalized spacial score (nSPS) is 13.4. The average molecular weight is 343 g/mol. The molecule has 1 amide bonds. The predicted molar refractivity (Wildman–Crippen MR) is 93.5 cm³/mol. The zero-order chi connectivity index (χ0) is 18.0. The minimum atomic E-state index is -0.490. The second kappa shape index (κ2) is 6.88. The largest absolute Gasteiger partial charge is 0.377 e. The predicted octanol–water partition coefficient (Wildman–Crippen LogP) is 3.97. The van der Waals surface area contributed by atoms with Gasteiger partial charge in [-0.3, -0.25) is 14.9 Å². The molecule has 0 heterocycles. The van der Waals surface area contributed by atoms with Gasteiger partial charge in [0.05, 0.1) is 4.92 Å². The average Bonchev–Trinajstić information content (AvgIpc) is 3.41. The van der Waals surface area contributed by atoms with Crippen LogP contribution in [0.2, 0.25) is 0 Å². The minimum absolute atomic E-state index is 0.118. The lowest BCUT2D eigenvalue weighted by molar-refractivity contribution is -0.384. The van der Waals surface area contributed by atoms with E-state index < -0.39 is 10.7 Å². The first kappa shape index (κ1) is 16.9. The molecule has 1 saturated carbocycles. The molecule has 3 rings (SSSR count). The second-order valence-electron chi connectivity index (χ2n) is 5.93. The molecule has 1 fully saturated rings. The Morgan fingerprint density at radius 1 is 1.28 bits per heavy atom. The fraction of sp³-hybridized carbons (Fsp3) is 0.278. The van der Waals surface area contributed by atoms with Gasteiger partial charge in [0.15, 0.2) is 0 Å². The van der Waals surface area contributed by atoms with E-state index in [0.29, 0.717) is 17.9 Å². The highest BCUT2D eigenvalue weighted by Crippen LogP contribution is 2.32. The molecule has 0 atom stereocenters. The quantitative estimate of drug-likeness (QED) is 0.636. The maximum atomic E-state index is 13.1. The topological polar surface area (TPSA) is 75.5 Å². The van der Waals surface area contributed by atoms with Crippen molar-refractivity contribution in [1.29, 1.82) is 0 Å². The number of hydrogen-bond acceptors (Lipinski definition) is 4. The Morgan fingerprint density at radius 2 is 1.96 bits per heavy atom. The summed E-state index contributed by atoms with van der Waals surface area (Å²) < 4.78 is 13.1. The molecule has 0 saturated heterocycles. The highest BCUT2D eigenvalue weighted by molar-refractivity contribution is 6.06. The summed E-state index contributed by atoms with van der Waals surface area (Å²) >= 11 is 0. The van der Waals surface area contributed by atoms with E-state index in [1.807, 2.05) is 0 Å². The first-order chi connectivity index (χ1) is 12.0. The van der Waals surface area contributed by atoms with E-state index in [1.165, 1.54) is 35.2 Å². The van der Waals surface area contributed by atoms with E-state index in [1.54, 1.807) is 19.1 Å². The smallest absolute Gasteiger partial charge is 0.293 e. The van der Waals surface area contributed by atoms with Gasteiger partial charge >= 0.3 is 0 Å². The molecule has 1 aliphatic carbocycles. The van der Waals surface area contributed by atoms with Gasteiger partial charge in [0.1, 0.15) is 11.5 Å². The summed E-state index contributed by atoms with van der Waals surface area (Å²) in [6, 6.07) is 10.3. The summed E-state index contributed by atoms with van der Waals surface area (Å²) in [5, 5.41) is 14.4. The number of nitrogens with zero attached hydrogens (tertiary/aromatic N) is 2. The van der Waals surface area contributed by atoms with Crippen LogP contribution in [0.4, 0.5) is 21.5 Å². The maximum absolute atomic E-state index is 13.1. The third-order valence-electron chi connectivity index (χ3n) is 4.08. The number of nitro groups is 1. The van der Waals surface area contributed by atoms with Crippen molar-refractivity contribution in [2.75, 3.05) is 16.8 Å². The molecule has 25 heavy (non-hydrogen) atoms. The third kappa shape index (κ3) is 3.76. The number of halogens is 1. The summed E-state index contributed by atoms with van der Waals surface area (Å²) in [6.45, 7) is 2.15. The SMILES string of the molecule is CCN(C(=O)c1ccc(NC2CC2)c([N+](=O)[O-])c1)c1ccc(F)cc1. The lowest BCUT2D eigenvalue weighted by Gasteiger charge is -2.21.